The Morgan fingerprint density at radius 3 is 3.38 bits per heavy atom. The number of hydrogen-bond donors (Lipinski definition) is 2. The van der Waals surface area contributed by atoms with Crippen molar-refractivity contribution in [1.82, 2.24) is 15.4 Å². The lowest BCUT2D eigenvalue weighted by molar-refractivity contribution is 0.0332. The van der Waals surface area contributed by atoms with Gasteiger partial charge in [0.1, 0.15) is 0 Å². The predicted octanol–water partition coefficient (Wildman–Crippen LogP) is 0.298. The van der Waals surface area contributed by atoms with Gasteiger partial charge < -0.3 is 9.88 Å². The van der Waals surface area contributed by atoms with Gasteiger partial charge in [0.15, 0.2) is 0 Å². The van der Waals surface area contributed by atoms with Crippen molar-refractivity contribution in [2.24, 2.45) is 7.05 Å². The zero-order valence-electron chi connectivity index (χ0n) is 9.16. The molecule has 0 fully saturated rings. The van der Waals surface area contributed by atoms with Gasteiger partial charge in [0.25, 0.3) is 0 Å². The van der Waals surface area contributed by atoms with E-state index < -0.39 is 0 Å². The van der Waals surface area contributed by atoms with E-state index >= 15 is 0 Å². The Hall–Kier alpha value is -0.950. The molecule has 0 amide bonds. The summed E-state index contributed by atoms with van der Waals surface area (Å²) in [6.07, 6.45) is 1.68. The van der Waals surface area contributed by atoms with E-state index in [1.54, 1.807) is 17.7 Å². The van der Waals surface area contributed by atoms with Crippen LogP contribution in [0.1, 0.15) is 16.6 Å². The highest BCUT2D eigenvalue weighted by Gasteiger charge is 2.24. The molecule has 0 saturated carbocycles. The molecule has 1 atom stereocenters. The van der Waals surface area contributed by atoms with Crippen LogP contribution in [0.25, 0.3) is 0 Å². The first kappa shape index (κ1) is 11.5. The van der Waals surface area contributed by atoms with Gasteiger partial charge in [-0.1, -0.05) is 17.4 Å². The Balaban J connectivity index is 2.16. The summed E-state index contributed by atoms with van der Waals surface area (Å²) in [5, 5.41) is 3.25. The molecule has 0 spiro atoms. The Labute approximate surface area is 97.7 Å². The molecule has 0 aliphatic carbocycles. The van der Waals surface area contributed by atoms with Crippen LogP contribution in [0.3, 0.4) is 0 Å². The third kappa shape index (κ3) is 2.10. The maximum Gasteiger partial charge on any atom is 0.307 e. The molecule has 2 N–H and O–H groups in total. The van der Waals surface area contributed by atoms with Gasteiger partial charge in [0, 0.05) is 20.1 Å². The monoisotopic (exact) mass is 241 g/mol. The largest absolute Gasteiger partial charge is 0.309 e. The molecule has 1 aliphatic rings. The van der Waals surface area contributed by atoms with Crippen molar-refractivity contribution in [2.45, 2.75) is 12.6 Å². The summed E-state index contributed by atoms with van der Waals surface area (Å²) in [4.78, 5) is 17.9. The maximum absolute atomic E-state index is 11.6. The van der Waals surface area contributed by atoms with Gasteiger partial charge >= 0.3 is 4.87 Å². The van der Waals surface area contributed by atoms with Crippen LogP contribution in [0.15, 0.2) is 17.4 Å². The summed E-state index contributed by atoms with van der Waals surface area (Å²) < 4.78 is 1.69. The second-order valence-corrected chi connectivity index (χ2v) is 4.63. The molecule has 0 saturated heterocycles. The fourth-order valence-electron chi connectivity index (χ4n) is 1.71. The van der Waals surface area contributed by atoms with E-state index in [1.165, 1.54) is 11.3 Å². The van der Waals surface area contributed by atoms with E-state index in [0.29, 0.717) is 6.61 Å². The summed E-state index contributed by atoms with van der Waals surface area (Å²) in [6.45, 7) is 5.53. The minimum atomic E-state index is 0.0441. The van der Waals surface area contributed by atoms with Crippen molar-refractivity contribution in [3.8, 4) is 0 Å². The van der Waals surface area contributed by atoms with Crippen LogP contribution in [-0.4, -0.2) is 17.7 Å². The number of hydroxylamine groups is 1. The lowest BCUT2D eigenvalue weighted by Crippen LogP contribution is -2.36. The van der Waals surface area contributed by atoms with Crippen LogP contribution in [0.5, 0.6) is 0 Å². The Bertz CT molecular complexity index is 438. The van der Waals surface area contributed by atoms with E-state index in [4.69, 9.17) is 4.84 Å². The number of aromatic nitrogens is 1. The normalized spacial score (nSPS) is 19.4. The molecule has 1 aromatic rings. The number of fused-ring (bicyclic) bond motifs is 1. The number of hydrogen-bond acceptors (Lipinski definition) is 5. The molecule has 1 unspecified atom stereocenters. The summed E-state index contributed by atoms with van der Waals surface area (Å²) in [5.41, 5.74) is 3.99. The standard InChI is InChI=1S/C10H15N3O2S/c1-3-4-15-12-7-5-11-6-8-9(7)16-10(14)13(8)2/h3,7,11-12H,1,4-6H2,2H3. The van der Waals surface area contributed by atoms with Gasteiger partial charge in [-0.05, 0) is 0 Å². The number of rotatable bonds is 4. The van der Waals surface area contributed by atoms with Crippen LogP contribution in [0, 0.1) is 0 Å². The molecule has 16 heavy (non-hydrogen) atoms. The van der Waals surface area contributed by atoms with Gasteiger partial charge in [-0.25, -0.2) is 0 Å². The number of thiazole rings is 1. The minimum Gasteiger partial charge on any atom is -0.309 e. The van der Waals surface area contributed by atoms with Crippen LogP contribution in [0.4, 0.5) is 0 Å². The molecule has 0 aromatic carbocycles. The highest BCUT2D eigenvalue weighted by Crippen LogP contribution is 2.24. The third-order valence-electron chi connectivity index (χ3n) is 2.54. The summed E-state index contributed by atoms with van der Waals surface area (Å²) in [6, 6.07) is 0.0441. The molecule has 6 heteroatoms. The smallest absolute Gasteiger partial charge is 0.307 e. The number of nitrogens with zero attached hydrogens (tertiary/aromatic N) is 1. The molecular formula is C10H15N3O2S. The van der Waals surface area contributed by atoms with E-state index in [9.17, 15) is 4.79 Å². The molecule has 2 rings (SSSR count). The van der Waals surface area contributed by atoms with Crippen molar-refractivity contribution in [2.75, 3.05) is 13.2 Å². The second kappa shape index (κ2) is 4.92. The molecule has 0 radical (unpaired) electrons. The first-order valence-corrected chi connectivity index (χ1v) is 5.93. The van der Waals surface area contributed by atoms with Crippen LogP contribution < -0.4 is 15.7 Å². The van der Waals surface area contributed by atoms with Crippen LogP contribution in [-0.2, 0) is 18.4 Å². The molecule has 1 aliphatic heterocycles. The molecule has 2 heterocycles. The first-order chi connectivity index (χ1) is 7.74. The first-order valence-electron chi connectivity index (χ1n) is 5.11. The maximum atomic E-state index is 11.6. The fourth-order valence-corrected chi connectivity index (χ4v) is 2.74. The van der Waals surface area contributed by atoms with E-state index in [1.807, 2.05) is 0 Å². The SMILES string of the molecule is C=CCONC1CNCc2c1sc(=O)n2C. The number of nitrogens with one attached hydrogen (secondary N) is 2. The lowest BCUT2D eigenvalue weighted by atomic mass is 10.1. The lowest BCUT2D eigenvalue weighted by Gasteiger charge is -2.23. The van der Waals surface area contributed by atoms with Crippen molar-refractivity contribution in [3.63, 3.8) is 0 Å². The molecule has 88 valence electrons. The summed E-state index contributed by atoms with van der Waals surface area (Å²) in [5.74, 6) is 0. The fraction of sp³-hybridized carbons (Fsp3) is 0.500. The van der Waals surface area contributed by atoms with E-state index in [0.717, 1.165) is 23.7 Å². The Morgan fingerprint density at radius 1 is 1.81 bits per heavy atom. The van der Waals surface area contributed by atoms with Gasteiger partial charge in [-0.15, -0.1) is 6.58 Å². The van der Waals surface area contributed by atoms with Crippen molar-refractivity contribution < 1.29 is 4.84 Å². The van der Waals surface area contributed by atoms with Crippen molar-refractivity contribution in [1.29, 1.82) is 0 Å². The van der Waals surface area contributed by atoms with Gasteiger partial charge in [-0.2, -0.15) is 5.48 Å². The van der Waals surface area contributed by atoms with E-state index in [2.05, 4.69) is 17.4 Å². The zero-order valence-corrected chi connectivity index (χ0v) is 9.97. The van der Waals surface area contributed by atoms with Gasteiger partial charge in [-0.3, -0.25) is 9.63 Å². The summed E-state index contributed by atoms with van der Waals surface area (Å²) in [7, 11) is 1.80. The topological polar surface area (TPSA) is 55.3 Å². The predicted molar refractivity (Wildman–Crippen MR) is 63.3 cm³/mol. The molecule has 1 aromatic heterocycles. The average molecular weight is 241 g/mol. The summed E-state index contributed by atoms with van der Waals surface area (Å²) >= 11 is 1.28. The third-order valence-corrected chi connectivity index (χ3v) is 3.73. The van der Waals surface area contributed by atoms with Crippen molar-refractivity contribution >= 4 is 11.3 Å². The van der Waals surface area contributed by atoms with Crippen molar-refractivity contribution in [3.05, 3.63) is 32.9 Å². The van der Waals surface area contributed by atoms with Gasteiger partial charge in [0.05, 0.1) is 23.2 Å². The zero-order chi connectivity index (χ0) is 11.5. The molecule has 5 nitrogen and oxygen atoms in total. The van der Waals surface area contributed by atoms with E-state index in [-0.39, 0.29) is 10.9 Å². The molecule has 0 bridgehead atoms. The average Bonchev–Trinajstić information content (AvgIpc) is 2.57. The highest BCUT2D eigenvalue weighted by molar-refractivity contribution is 7.09. The Kier molecular flexibility index (Phi) is 3.55. The van der Waals surface area contributed by atoms with Gasteiger partial charge in [0.2, 0.25) is 0 Å². The van der Waals surface area contributed by atoms with Crippen LogP contribution >= 0.6 is 11.3 Å². The quantitative estimate of drug-likeness (QED) is 0.452. The Morgan fingerprint density at radius 2 is 2.62 bits per heavy atom. The van der Waals surface area contributed by atoms with Crippen LogP contribution in [0.2, 0.25) is 0 Å². The highest BCUT2D eigenvalue weighted by atomic mass is 32.1. The second-order valence-electron chi connectivity index (χ2n) is 3.64. The molecular weight excluding hydrogens is 226 g/mol. The minimum absolute atomic E-state index is 0.0441.